The standard InChI is InChI=1S/C25H44O3Si/c1-20(15-16-24-25(4,5)28-24)11-9-13-23(19-29(6,7)8)14-10-12-21(2)17-18-27-22(3)26/h11,14,17,24H,9-10,12-13,15-16,18-19H2,1-8H3/b20-11+,21-17+,23-14+/t24-/m0/s1. The van der Waals surface area contributed by atoms with Crippen molar-refractivity contribution >= 4 is 14.0 Å². The molecule has 0 radical (unpaired) electrons. The van der Waals surface area contributed by atoms with Crippen LogP contribution in [0.3, 0.4) is 0 Å². The van der Waals surface area contributed by atoms with Gasteiger partial charge in [0.25, 0.3) is 0 Å². The van der Waals surface area contributed by atoms with Crippen LogP contribution in [0.1, 0.15) is 73.1 Å². The lowest BCUT2D eigenvalue weighted by Crippen LogP contribution is -2.19. The van der Waals surface area contributed by atoms with Crippen LogP contribution in [0.2, 0.25) is 25.7 Å². The number of esters is 1. The van der Waals surface area contributed by atoms with Gasteiger partial charge in [-0.05, 0) is 78.3 Å². The second kappa shape index (κ2) is 11.9. The molecule has 1 heterocycles. The zero-order valence-electron chi connectivity index (χ0n) is 20.2. The van der Waals surface area contributed by atoms with Gasteiger partial charge in [0.1, 0.15) is 6.61 Å². The molecule has 1 fully saturated rings. The smallest absolute Gasteiger partial charge is 0.302 e. The van der Waals surface area contributed by atoms with E-state index in [1.54, 1.807) is 5.57 Å². The zero-order valence-corrected chi connectivity index (χ0v) is 21.2. The van der Waals surface area contributed by atoms with Crippen molar-refractivity contribution in [2.75, 3.05) is 6.61 Å². The Bertz CT molecular complexity index is 620. The van der Waals surface area contributed by atoms with Gasteiger partial charge in [-0.3, -0.25) is 4.79 Å². The highest BCUT2D eigenvalue weighted by Gasteiger charge is 2.46. The molecule has 4 heteroatoms. The zero-order chi connectivity index (χ0) is 22.1. The molecule has 1 aliphatic rings. The van der Waals surface area contributed by atoms with Crippen LogP contribution in [0.15, 0.2) is 34.9 Å². The van der Waals surface area contributed by atoms with Crippen LogP contribution in [-0.2, 0) is 14.3 Å². The summed E-state index contributed by atoms with van der Waals surface area (Å²) < 4.78 is 10.7. The molecule has 0 aromatic heterocycles. The summed E-state index contributed by atoms with van der Waals surface area (Å²) in [7, 11) is -1.12. The summed E-state index contributed by atoms with van der Waals surface area (Å²) in [6, 6.07) is 1.28. The van der Waals surface area contributed by atoms with E-state index in [9.17, 15) is 4.79 Å². The molecule has 0 bridgehead atoms. The fourth-order valence-corrected chi connectivity index (χ4v) is 5.24. The first-order valence-corrected chi connectivity index (χ1v) is 14.9. The maximum atomic E-state index is 10.8. The van der Waals surface area contributed by atoms with Crippen molar-refractivity contribution in [3.63, 3.8) is 0 Å². The molecule has 0 unspecified atom stereocenters. The Kier molecular flexibility index (Phi) is 10.6. The minimum absolute atomic E-state index is 0.109. The average Bonchev–Trinajstić information content (AvgIpc) is 3.18. The first kappa shape index (κ1) is 25.9. The summed E-state index contributed by atoms with van der Waals surface area (Å²) in [5, 5.41) is 0. The van der Waals surface area contributed by atoms with Crippen molar-refractivity contribution in [1.29, 1.82) is 0 Å². The number of rotatable bonds is 13. The van der Waals surface area contributed by atoms with Crippen molar-refractivity contribution in [2.24, 2.45) is 0 Å². The molecule has 29 heavy (non-hydrogen) atoms. The number of carbonyl (C=O) groups excluding carboxylic acids is 1. The second-order valence-corrected chi connectivity index (χ2v) is 15.8. The highest BCUT2D eigenvalue weighted by Crippen LogP contribution is 2.39. The van der Waals surface area contributed by atoms with Gasteiger partial charge >= 0.3 is 5.97 Å². The minimum atomic E-state index is -1.12. The van der Waals surface area contributed by atoms with E-state index < -0.39 is 8.07 Å². The van der Waals surface area contributed by atoms with E-state index in [1.807, 2.05) is 6.08 Å². The molecule has 1 aliphatic heterocycles. The number of allylic oxidation sites excluding steroid dienone is 5. The van der Waals surface area contributed by atoms with E-state index in [1.165, 1.54) is 30.5 Å². The molecular weight excluding hydrogens is 376 g/mol. The maximum Gasteiger partial charge on any atom is 0.302 e. The molecule has 0 N–H and O–H groups in total. The number of ether oxygens (including phenoxy) is 2. The Labute approximate surface area is 180 Å². The van der Waals surface area contributed by atoms with Crippen LogP contribution in [0, 0.1) is 0 Å². The van der Waals surface area contributed by atoms with E-state index in [2.05, 4.69) is 59.5 Å². The number of hydrogen-bond donors (Lipinski definition) is 0. The summed E-state index contributed by atoms with van der Waals surface area (Å²) in [6.45, 7) is 17.9. The Morgan fingerprint density at radius 2 is 1.55 bits per heavy atom. The third-order valence-electron chi connectivity index (χ3n) is 5.37. The van der Waals surface area contributed by atoms with Gasteiger partial charge < -0.3 is 9.47 Å². The van der Waals surface area contributed by atoms with Gasteiger partial charge in [-0.15, -0.1) is 0 Å². The van der Waals surface area contributed by atoms with Gasteiger partial charge in [0.2, 0.25) is 0 Å². The first-order chi connectivity index (χ1) is 13.4. The van der Waals surface area contributed by atoms with E-state index in [4.69, 9.17) is 9.47 Å². The predicted molar refractivity (Wildman–Crippen MR) is 127 cm³/mol. The summed E-state index contributed by atoms with van der Waals surface area (Å²) in [5.41, 5.74) is 4.51. The van der Waals surface area contributed by atoms with Crippen LogP contribution in [0.4, 0.5) is 0 Å². The molecule has 3 nitrogen and oxygen atoms in total. The Hall–Kier alpha value is -1.13. The fourth-order valence-electron chi connectivity index (χ4n) is 3.56. The molecular formula is C25H44O3Si. The largest absolute Gasteiger partial charge is 0.462 e. The normalized spacial score (nSPS) is 20.0. The topological polar surface area (TPSA) is 38.8 Å². The van der Waals surface area contributed by atoms with Crippen LogP contribution in [0.5, 0.6) is 0 Å². The lowest BCUT2D eigenvalue weighted by atomic mass is 10.0. The summed E-state index contributed by atoms with van der Waals surface area (Å²) in [5.74, 6) is -0.219. The van der Waals surface area contributed by atoms with Crippen molar-refractivity contribution in [3.05, 3.63) is 34.9 Å². The molecule has 0 saturated carbocycles. The fraction of sp³-hybridized carbons (Fsp3) is 0.720. The second-order valence-electron chi connectivity index (χ2n) is 10.3. The number of carbonyl (C=O) groups is 1. The summed E-state index contributed by atoms with van der Waals surface area (Å²) in [4.78, 5) is 10.8. The molecule has 0 amide bonds. The van der Waals surface area contributed by atoms with Crippen molar-refractivity contribution in [2.45, 2.75) is 111 Å². The van der Waals surface area contributed by atoms with Gasteiger partial charge in [-0.25, -0.2) is 0 Å². The van der Waals surface area contributed by atoms with Gasteiger partial charge in [0.15, 0.2) is 0 Å². The Balaban J connectivity index is 2.46. The lowest BCUT2D eigenvalue weighted by Gasteiger charge is -2.18. The third-order valence-corrected chi connectivity index (χ3v) is 6.89. The monoisotopic (exact) mass is 420 g/mol. The average molecular weight is 421 g/mol. The van der Waals surface area contributed by atoms with Gasteiger partial charge in [0, 0.05) is 15.0 Å². The van der Waals surface area contributed by atoms with Gasteiger partial charge in [0.05, 0.1) is 11.7 Å². The highest BCUT2D eigenvalue weighted by atomic mass is 28.3. The van der Waals surface area contributed by atoms with Crippen LogP contribution < -0.4 is 0 Å². The third kappa shape index (κ3) is 12.9. The molecule has 0 spiro atoms. The molecule has 0 aromatic carbocycles. The van der Waals surface area contributed by atoms with Crippen molar-refractivity contribution in [3.8, 4) is 0 Å². The van der Waals surface area contributed by atoms with Crippen molar-refractivity contribution < 1.29 is 14.3 Å². The SMILES string of the molecule is CC(=O)OC/C=C(\C)CC/C=C(\CC/C=C(\C)CC[C@@H]1OC1(C)C)C[Si](C)(C)C. The highest BCUT2D eigenvalue weighted by molar-refractivity contribution is 6.76. The molecule has 1 atom stereocenters. The molecule has 0 aromatic rings. The maximum absolute atomic E-state index is 10.8. The number of epoxide rings is 1. The summed E-state index contributed by atoms with van der Waals surface area (Å²) in [6.07, 6.45) is 14.1. The molecule has 1 saturated heterocycles. The van der Waals surface area contributed by atoms with E-state index in [0.717, 1.165) is 32.1 Å². The van der Waals surface area contributed by atoms with Gasteiger partial charge in [-0.1, -0.05) is 48.5 Å². The molecule has 166 valence electrons. The lowest BCUT2D eigenvalue weighted by molar-refractivity contribution is -0.139. The minimum Gasteiger partial charge on any atom is -0.462 e. The van der Waals surface area contributed by atoms with Crippen LogP contribution in [-0.4, -0.2) is 32.4 Å². The van der Waals surface area contributed by atoms with Gasteiger partial charge in [-0.2, -0.15) is 0 Å². The molecule has 0 aliphatic carbocycles. The Morgan fingerprint density at radius 3 is 2.10 bits per heavy atom. The predicted octanol–water partition coefficient (Wildman–Crippen LogP) is 7.22. The number of hydrogen-bond acceptors (Lipinski definition) is 3. The van der Waals surface area contributed by atoms with Crippen LogP contribution >= 0.6 is 0 Å². The first-order valence-electron chi connectivity index (χ1n) is 11.2. The van der Waals surface area contributed by atoms with E-state index in [-0.39, 0.29) is 11.6 Å². The van der Waals surface area contributed by atoms with E-state index in [0.29, 0.717) is 12.7 Å². The van der Waals surface area contributed by atoms with Crippen molar-refractivity contribution in [1.82, 2.24) is 0 Å². The quantitative estimate of drug-likeness (QED) is 0.137. The van der Waals surface area contributed by atoms with Crippen LogP contribution in [0.25, 0.3) is 0 Å². The molecule has 1 rings (SSSR count). The summed E-state index contributed by atoms with van der Waals surface area (Å²) >= 11 is 0. The Morgan fingerprint density at radius 1 is 0.966 bits per heavy atom. The van der Waals surface area contributed by atoms with E-state index >= 15 is 0 Å².